The molecule has 4 rings (SSSR count). The van der Waals surface area contributed by atoms with Crippen LogP contribution in [-0.4, -0.2) is 21.7 Å². The van der Waals surface area contributed by atoms with Gasteiger partial charge < -0.3 is 14.6 Å². The summed E-state index contributed by atoms with van der Waals surface area (Å²) in [4.78, 5) is 16.0. The van der Waals surface area contributed by atoms with Crippen LogP contribution in [0.25, 0.3) is 20.8 Å². The van der Waals surface area contributed by atoms with Crippen LogP contribution in [0.1, 0.15) is 30.5 Å². The van der Waals surface area contributed by atoms with Crippen molar-refractivity contribution in [3.63, 3.8) is 0 Å². The Morgan fingerprint density at radius 3 is 2.40 bits per heavy atom. The van der Waals surface area contributed by atoms with E-state index in [0.29, 0.717) is 22.1 Å². The first-order valence-corrected chi connectivity index (χ1v) is 11.5. The van der Waals surface area contributed by atoms with E-state index in [2.05, 4.69) is 4.98 Å². The van der Waals surface area contributed by atoms with Gasteiger partial charge in [-0.3, -0.25) is 0 Å². The van der Waals surface area contributed by atoms with Crippen LogP contribution >= 0.6 is 11.3 Å². The summed E-state index contributed by atoms with van der Waals surface area (Å²) in [7, 11) is 0. The van der Waals surface area contributed by atoms with E-state index in [0.717, 1.165) is 33.5 Å². The highest BCUT2D eigenvalue weighted by molar-refractivity contribution is 7.21. The number of halogens is 3. The molecule has 4 aromatic rings. The average Bonchev–Trinajstić information content (AvgIpc) is 3.24. The van der Waals surface area contributed by atoms with Crippen molar-refractivity contribution in [1.29, 1.82) is 0 Å². The van der Waals surface area contributed by atoms with E-state index in [9.17, 15) is 23.1 Å². The Balaban J connectivity index is 1.52. The first-order valence-electron chi connectivity index (χ1n) is 10.7. The number of ether oxygens (including phenoxy) is 2. The average molecular weight is 502 g/mol. The van der Waals surface area contributed by atoms with E-state index in [1.807, 2.05) is 18.2 Å². The lowest BCUT2D eigenvalue weighted by Gasteiger charge is -2.23. The number of thiazole rings is 1. The largest absolute Gasteiger partial charge is 0.489 e. The van der Waals surface area contributed by atoms with E-state index in [1.54, 1.807) is 25.1 Å². The molecule has 0 unspecified atom stereocenters. The van der Waals surface area contributed by atoms with Crippen LogP contribution in [0.3, 0.4) is 0 Å². The maximum absolute atomic E-state index is 12.9. The second-order valence-electron chi connectivity index (χ2n) is 8.49. The van der Waals surface area contributed by atoms with Gasteiger partial charge in [0.2, 0.25) is 0 Å². The minimum absolute atomic E-state index is 0.230. The molecular weight excluding hydrogens is 479 g/mol. The molecule has 182 valence electrons. The van der Waals surface area contributed by atoms with E-state index in [4.69, 9.17) is 9.47 Å². The number of hydrogen-bond acceptors (Lipinski definition) is 5. The summed E-state index contributed by atoms with van der Waals surface area (Å²) in [5.74, 6) is -0.0324. The fourth-order valence-corrected chi connectivity index (χ4v) is 4.37. The van der Waals surface area contributed by atoms with E-state index >= 15 is 0 Å². The minimum atomic E-state index is -4.38. The molecule has 35 heavy (non-hydrogen) atoms. The topological polar surface area (TPSA) is 68.7 Å². The minimum Gasteiger partial charge on any atom is -0.489 e. The summed E-state index contributed by atoms with van der Waals surface area (Å²) in [5.41, 5.74) is 0.844. The molecule has 9 heteroatoms. The number of fused-ring (bicyclic) bond motifs is 1. The molecule has 1 heterocycles. The summed E-state index contributed by atoms with van der Waals surface area (Å²) in [5, 5.41) is 9.89. The van der Waals surface area contributed by atoms with Gasteiger partial charge >= 0.3 is 12.1 Å². The van der Waals surface area contributed by atoms with Gasteiger partial charge in [-0.1, -0.05) is 24.3 Å². The van der Waals surface area contributed by atoms with Gasteiger partial charge in [0.15, 0.2) is 5.60 Å². The van der Waals surface area contributed by atoms with Gasteiger partial charge in [0.1, 0.15) is 23.1 Å². The van der Waals surface area contributed by atoms with Crippen molar-refractivity contribution < 1.29 is 32.5 Å². The van der Waals surface area contributed by atoms with Gasteiger partial charge in [0, 0.05) is 11.1 Å². The third kappa shape index (κ3) is 5.40. The first kappa shape index (κ1) is 24.5. The van der Waals surface area contributed by atoms with Crippen LogP contribution in [0.15, 0.2) is 60.7 Å². The molecule has 0 amide bonds. The number of carboxylic acid groups (broad SMARTS) is 1. The normalized spacial score (nSPS) is 12.1. The van der Waals surface area contributed by atoms with E-state index in [1.165, 1.54) is 37.3 Å². The Morgan fingerprint density at radius 2 is 1.77 bits per heavy atom. The Bertz CT molecular complexity index is 1380. The molecule has 0 aliphatic heterocycles. The van der Waals surface area contributed by atoms with Crippen LogP contribution in [-0.2, 0) is 17.6 Å². The van der Waals surface area contributed by atoms with Gasteiger partial charge in [-0.2, -0.15) is 13.2 Å². The van der Waals surface area contributed by atoms with Crippen molar-refractivity contribution in [2.45, 2.75) is 39.2 Å². The molecule has 0 aliphatic carbocycles. The molecule has 0 aliphatic rings. The maximum atomic E-state index is 12.9. The highest BCUT2D eigenvalue weighted by Crippen LogP contribution is 2.35. The zero-order valence-electron chi connectivity index (χ0n) is 19.1. The van der Waals surface area contributed by atoms with Gasteiger partial charge in [-0.25, -0.2) is 9.78 Å². The Morgan fingerprint density at radius 1 is 1.06 bits per heavy atom. The smallest absolute Gasteiger partial charge is 0.416 e. The van der Waals surface area contributed by atoms with Crippen molar-refractivity contribution in [3.05, 3.63) is 77.4 Å². The predicted molar refractivity (Wildman–Crippen MR) is 128 cm³/mol. The first-order chi connectivity index (χ1) is 16.4. The molecule has 0 atom stereocenters. The zero-order chi connectivity index (χ0) is 25.4. The summed E-state index contributed by atoms with van der Waals surface area (Å²) in [6.07, 6.45) is -4.38. The van der Waals surface area contributed by atoms with Gasteiger partial charge in [-0.05, 0) is 62.7 Å². The molecule has 0 bridgehead atoms. The number of rotatable bonds is 7. The number of aryl methyl sites for hydroxylation is 1. The molecule has 0 radical (unpaired) electrons. The summed E-state index contributed by atoms with van der Waals surface area (Å²) in [6.45, 7) is 4.99. The fraction of sp³-hybridized carbons (Fsp3) is 0.231. The number of benzene rings is 3. The van der Waals surface area contributed by atoms with Crippen LogP contribution in [0, 0.1) is 6.92 Å². The number of nitrogens with zero attached hydrogens (tertiary/aromatic N) is 1. The maximum Gasteiger partial charge on any atom is 0.416 e. The summed E-state index contributed by atoms with van der Waals surface area (Å²) in [6, 6.07) is 15.8. The van der Waals surface area contributed by atoms with Crippen molar-refractivity contribution in [2.75, 3.05) is 0 Å². The van der Waals surface area contributed by atoms with Crippen molar-refractivity contribution in [3.8, 4) is 22.1 Å². The zero-order valence-corrected chi connectivity index (χ0v) is 20.0. The van der Waals surface area contributed by atoms with Crippen LogP contribution in [0.5, 0.6) is 11.5 Å². The number of aromatic nitrogens is 1. The van der Waals surface area contributed by atoms with Crippen LogP contribution in [0.4, 0.5) is 13.2 Å². The molecule has 0 saturated carbocycles. The molecule has 1 aromatic heterocycles. The highest BCUT2D eigenvalue weighted by Gasteiger charge is 2.31. The molecule has 0 spiro atoms. The molecular formula is C26H22F3NO4S. The quantitative estimate of drug-likeness (QED) is 0.292. The third-order valence-electron chi connectivity index (χ3n) is 5.38. The number of carbonyl (C=O) groups is 1. The standard InChI is InChI=1S/C26H22F3NO4S/c1-15-13-19(11-12-20(15)34-25(2,3)24(31)32)33-14-17-5-4-6-21-22(17)30-23(35-21)16-7-9-18(10-8-16)26(27,28)29/h4-13H,14H2,1-3H3,(H,31,32). The lowest BCUT2D eigenvalue weighted by Crippen LogP contribution is -2.38. The van der Waals surface area contributed by atoms with E-state index in [-0.39, 0.29) is 6.61 Å². The lowest BCUT2D eigenvalue weighted by molar-refractivity contribution is -0.152. The van der Waals surface area contributed by atoms with Gasteiger partial charge in [-0.15, -0.1) is 11.3 Å². The molecule has 5 nitrogen and oxygen atoms in total. The second kappa shape index (κ2) is 9.22. The molecule has 1 N–H and O–H groups in total. The third-order valence-corrected chi connectivity index (χ3v) is 6.45. The SMILES string of the molecule is Cc1cc(OCc2cccc3sc(-c4ccc(C(F)(F)F)cc4)nc23)ccc1OC(C)(C)C(=O)O. The number of hydrogen-bond donors (Lipinski definition) is 1. The van der Waals surface area contributed by atoms with Crippen molar-refractivity contribution >= 4 is 27.5 Å². The number of alkyl halides is 3. The Hall–Kier alpha value is -3.59. The fourth-order valence-electron chi connectivity index (χ4n) is 3.35. The second-order valence-corrected chi connectivity index (χ2v) is 9.52. The molecule has 3 aromatic carbocycles. The predicted octanol–water partition coefficient (Wildman–Crippen LogP) is 7.11. The van der Waals surface area contributed by atoms with Crippen LogP contribution in [0.2, 0.25) is 0 Å². The van der Waals surface area contributed by atoms with Gasteiger partial charge in [0.05, 0.1) is 15.8 Å². The monoisotopic (exact) mass is 501 g/mol. The highest BCUT2D eigenvalue weighted by atomic mass is 32.1. The number of para-hydroxylation sites is 1. The Labute approximate surface area is 203 Å². The number of aliphatic carboxylic acids is 1. The van der Waals surface area contributed by atoms with Crippen molar-refractivity contribution in [1.82, 2.24) is 4.98 Å². The lowest BCUT2D eigenvalue weighted by atomic mass is 10.1. The summed E-state index contributed by atoms with van der Waals surface area (Å²) < 4.78 is 51.0. The van der Waals surface area contributed by atoms with Crippen LogP contribution < -0.4 is 9.47 Å². The number of carboxylic acids is 1. The van der Waals surface area contributed by atoms with E-state index < -0.39 is 23.3 Å². The molecule has 0 saturated heterocycles. The summed E-state index contributed by atoms with van der Waals surface area (Å²) >= 11 is 1.40. The van der Waals surface area contributed by atoms with Gasteiger partial charge in [0.25, 0.3) is 0 Å². The Kier molecular flexibility index (Phi) is 6.46. The molecule has 0 fully saturated rings. The van der Waals surface area contributed by atoms with Crippen molar-refractivity contribution in [2.24, 2.45) is 0 Å².